The van der Waals surface area contributed by atoms with E-state index in [-0.39, 0.29) is 16.7 Å². The highest BCUT2D eigenvalue weighted by molar-refractivity contribution is 7.08. The second-order valence-corrected chi connectivity index (χ2v) is 5.43. The van der Waals surface area contributed by atoms with Crippen LogP contribution in [-0.4, -0.2) is 15.6 Å². The van der Waals surface area contributed by atoms with Gasteiger partial charge in [-0.05, 0) is 36.6 Å². The number of phenols is 1. The molecule has 0 aliphatic rings. The van der Waals surface area contributed by atoms with E-state index in [1.54, 1.807) is 16.7 Å². The molecule has 3 rings (SSSR count). The Hall–Kier alpha value is -1.78. The minimum atomic E-state index is -0.0875. The third-order valence-electron chi connectivity index (χ3n) is 3.05. The van der Waals surface area contributed by atoms with Crippen LogP contribution in [0.1, 0.15) is 16.1 Å². The standard InChI is InChI=1S/C14H10ClNO2S/c1-8-6-10-11(2-3-12(17)13(10)15)16(8)14(18)9-4-5-19-7-9/h2-7,17H,1H3. The molecule has 2 aromatic heterocycles. The largest absolute Gasteiger partial charge is 0.506 e. The lowest BCUT2D eigenvalue weighted by Gasteiger charge is -2.06. The number of nitrogens with zero attached hydrogens (tertiary/aromatic N) is 1. The highest BCUT2D eigenvalue weighted by Crippen LogP contribution is 2.34. The zero-order valence-corrected chi connectivity index (χ0v) is 11.6. The molecule has 0 aliphatic carbocycles. The van der Waals surface area contributed by atoms with Gasteiger partial charge < -0.3 is 5.11 Å². The highest BCUT2D eigenvalue weighted by atomic mass is 35.5. The summed E-state index contributed by atoms with van der Waals surface area (Å²) in [7, 11) is 0. The zero-order chi connectivity index (χ0) is 13.6. The number of halogens is 1. The quantitative estimate of drug-likeness (QED) is 0.734. The Labute approximate surface area is 118 Å². The molecule has 0 unspecified atom stereocenters. The van der Waals surface area contributed by atoms with Crippen LogP contribution in [0, 0.1) is 6.92 Å². The molecular weight excluding hydrogens is 282 g/mol. The van der Waals surface area contributed by atoms with Gasteiger partial charge in [-0.15, -0.1) is 0 Å². The van der Waals surface area contributed by atoms with E-state index >= 15 is 0 Å². The van der Waals surface area contributed by atoms with E-state index in [1.807, 2.05) is 23.8 Å². The highest BCUT2D eigenvalue weighted by Gasteiger charge is 2.17. The number of phenolic OH excluding ortho intramolecular Hbond substituents is 1. The Bertz CT molecular complexity index is 774. The number of aryl methyl sites for hydroxylation is 1. The summed E-state index contributed by atoms with van der Waals surface area (Å²) in [6.07, 6.45) is 0. The first kappa shape index (κ1) is 12.3. The van der Waals surface area contributed by atoms with Crippen molar-refractivity contribution in [3.63, 3.8) is 0 Å². The van der Waals surface area contributed by atoms with Crippen molar-refractivity contribution < 1.29 is 9.90 Å². The van der Waals surface area contributed by atoms with Crippen molar-refractivity contribution in [1.29, 1.82) is 0 Å². The smallest absolute Gasteiger partial charge is 0.263 e. The second-order valence-electron chi connectivity index (χ2n) is 4.27. The second kappa shape index (κ2) is 4.40. The van der Waals surface area contributed by atoms with Crippen LogP contribution < -0.4 is 0 Å². The lowest BCUT2D eigenvalue weighted by molar-refractivity contribution is 0.0963. The topological polar surface area (TPSA) is 42.2 Å². The molecule has 0 bridgehead atoms. The van der Waals surface area contributed by atoms with Crippen LogP contribution in [0.15, 0.2) is 35.0 Å². The molecule has 1 N–H and O–H groups in total. The number of thiophene rings is 1. The maximum absolute atomic E-state index is 12.5. The Kier molecular flexibility index (Phi) is 2.84. The summed E-state index contributed by atoms with van der Waals surface area (Å²) in [5, 5.41) is 14.3. The van der Waals surface area contributed by atoms with E-state index < -0.39 is 0 Å². The van der Waals surface area contributed by atoms with E-state index in [0.717, 1.165) is 5.69 Å². The van der Waals surface area contributed by atoms with E-state index in [4.69, 9.17) is 11.6 Å². The summed E-state index contributed by atoms with van der Waals surface area (Å²) < 4.78 is 1.61. The van der Waals surface area contributed by atoms with Gasteiger partial charge in [0.05, 0.1) is 16.1 Å². The van der Waals surface area contributed by atoms with Crippen LogP contribution in [0.5, 0.6) is 5.75 Å². The predicted octanol–water partition coefficient (Wildman–Crippen LogP) is 4.06. The molecule has 2 heterocycles. The lowest BCUT2D eigenvalue weighted by atomic mass is 10.2. The molecule has 0 saturated heterocycles. The summed E-state index contributed by atoms with van der Waals surface area (Å²) in [5.74, 6) is -0.0650. The molecule has 0 saturated carbocycles. The molecule has 0 aliphatic heterocycles. The number of hydrogen-bond donors (Lipinski definition) is 1. The molecule has 96 valence electrons. The van der Waals surface area contributed by atoms with Crippen molar-refractivity contribution in [3.8, 4) is 5.75 Å². The monoisotopic (exact) mass is 291 g/mol. The first-order valence-electron chi connectivity index (χ1n) is 5.66. The molecule has 0 radical (unpaired) electrons. The normalized spacial score (nSPS) is 11.1. The fraction of sp³-hybridized carbons (Fsp3) is 0.0714. The average molecular weight is 292 g/mol. The first-order chi connectivity index (χ1) is 9.09. The van der Waals surface area contributed by atoms with Crippen molar-refractivity contribution in [2.75, 3.05) is 0 Å². The van der Waals surface area contributed by atoms with E-state index in [2.05, 4.69) is 0 Å². The number of benzene rings is 1. The van der Waals surface area contributed by atoms with Crippen molar-refractivity contribution in [1.82, 2.24) is 4.57 Å². The summed E-state index contributed by atoms with van der Waals surface area (Å²) in [6, 6.07) is 6.80. The SMILES string of the molecule is Cc1cc2c(Cl)c(O)ccc2n1C(=O)c1ccsc1. The van der Waals surface area contributed by atoms with E-state index in [0.29, 0.717) is 16.5 Å². The minimum absolute atomic E-state index is 0.0225. The summed E-state index contributed by atoms with van der Waals surface area (Å²) in [6.45, 7) is 1.84. The van der Waals surface area contributed by atoms with Crippen LogP contribution in [-0.2, 0) is 0 Å². The molecule has 3 aromatic rings. The number of aromatic nitrogens is 1. The molecule has 0 amide bonds. The van der Waals surface area contributed by atoms with Crippen molar-refractivity contribution >= 4 is 39.7 Å². The maximum Gasteiger partial charge on any atom is 0.263 e. The van der Waals surface area contributed by atoms with Crippen molar-refractivity contribution in [3.05, 3.63) is 51.3 Å². The molecule has 0 atom stereocenters. The molecule has 19 heavy (non-hydrogen) atoms. The van der Waals surface area contributed by atoms with E-state index in [1.165, 1.54) is 17.4 Å². The van der Waals surface area contributed by atoms with Crippen LogP contribution in [0.25, 0.3) is 10.9 Å². The van der Waals surface area contributed by atoms with Gasteiger partial charge in [-0.2, -0.15) is 11.3 Å². The maximum atomic E-state index is 12.5. The third kappa shape index (κ3) is 1.84. The van der Waals surface area contributed by atoms with Crippen molar-refractivity contribution in [2.24, 2.45) is 0 Å². The van der Waals surface area contributed by atoms with Crippen molar-refractivity contribution in [2.45, 2.75) is 6.92 Å². The molecule has 0 spiro atoms. The van der Waals surface area contributed by atoms with Gasteiger partial charge in [0, 0.05) is 16.5 Å². The number of carbonyl (C=O) groups excluding carboxylic acids is 1. The molecule has 0 fully saturated rings. The number of hydrogen-bond acceptors (Lipinski definition) is 3. The number of aromatic hydroxyl groups is 1. The van der Waals surface area contributed by atoms with Gasteiger partial charge in [0.25, 0.3) is 5.91 Å². The molecule has 5 heteroatoms. The fourth-order valence-corrected chi connectivity index (χ4v) is 3.00. The van der Waals surface area contributed by atoms with Gasteiger partial charge in [0.1, 0.15) is 5.75 Å². The van der Waals surface area contributed by atoms with Crippen LogP contribution in [0.2, 0.25) is 5.02 Å². The summed E-state index contributed by atoms with van der Waals surface area (Å²) in [4.78, 5) is 12.5. The fourth-order valence-electron chi connectivity index (χ4n) is 2.15. The van der Waals surface area contributed by atoms with Crippen LogP contribution >= 0.6 is 22.9 Å². The number of fused-ring (bicyclic) bond motifs is 1. The van der Waals surface area contributed by atoms with Gasteiger partial charge in [0.15, 0.2) is 0 Å². The third-order valence-corrected chi connectivity index (χ3v) is 4.13. The van der Waals surface area contributed by atoms with Gasteiger partial charge >= 0.3 is 0 Å². The molecule has 3 nitrogen and oxygen atoms in total. The molecular formula is C14H10ClNO2S. The number of carbonyl (C=O) groups is 1. The summed E-state index contributed by atoms with van der Waals surface area (Å²) >= 11 is 7.55. The van der Waals surface area contributed by atoms with Gasteiger partial charge in [0.2, 0.25) is 0 Å². The lowest BCUT2D eigenvalue weighted by Crippen LogP contribution is -2.12. The molecule has 1 aromatic carbocycles. The first-order valence-corrected chi connectivity index (χ1v) is 6.98. The average Bonchev–Trinajstić information content (AvgIpc) is 3.00. The van der Waals surface area contributed by atoms with Gasteiger partial charge in [-0.25, -0.2) is 0 Å². The zero-order valence-electron chi connectivity index (χ0n) is 10.1. The Morgan fingerprint density at radius 3 is 2.84 bits per heavy atom. The van der Waals surface area contributed by atoms with Crippen LogP contribution in [0.3, 0.4) is 0 Å². The summed E-state index contributed by atoms with van der Waals surface area (Å²) in [5.41, 5.74) is 2.14. The predicted molar refractivity (Wildman–Crippen MR) is 77.4 cm³/mol. The Balaban J connectivity index is 2.28. The Morgan fingerprint density at radius 2 is 2.16 bits per heavy atom. The Morgan fingerprint density at radius 1 is 1.37 bits per heavy atom. The van der Waals surface area contributed by atoms with Gasteiger partial charge in [-0.3, -0.25) is 9.36 Å². The van der Waals surface area contributed by atoms with Gasteiger partial charge in [-0.1, -0.05) is 11.6 Å². The number of rotatable bonds is 1. The van der Waals surface area contributed by atoms with E-state index in [9.17, 15) is 9.90 Å². The minimum Gasteiger partial charge on any atom is -0.506 e. The van der Waals surface area contributed by atoms with Crippen LogP contribution in [0.4, 0.5) is 0 Å².